The van der Waals surface area contributed by atoms with Gasteiger partial charge in [-0.05, 0) is 26.7 Å². The van der Waals surface area contributed by atoms with Crippen molar-refractivity contribution in [2.45, 2.75) is 46.2 Å². The molecule has 2 aromatic rings. The van der Waals surface area contributed by atoms with Crippen LogP contribution in [0.1, 0.15) is 41.9 Å². The molecular formula is C13H19N5OS. The van der Waals surface area contributed by atoms with Crippen molar-refractivity contribution < 1.29 is 4.79 Å². The van der Waals surface area contributed by atoms with Crippen LogP contribution in [-0.2, 0) is 17.8 Å². The average Bonchev–Trinajstić information content (AvgIpc) is 3.06. The zero-order chi connectivity index (χ0) is 14.5. The van der Waals surface area contributed by atoms with Gasteiger partial charge in [0, 0.05) is 4.88 Å². The lowest BCUT2D eigenvalue weighted by Gasteiger charge is -2.11. The first-order valence-electron chi connectivity index (χ1n) is 6.68. The zero-order valence-corrected chi connectivity index (χ0v) is 12.8. The Labute approximate surface area is 122 Å². The molecule has 1 amide bonds. The lowest BCUT2D eigenvalue weighted by atomic mass is 10.3. The van der Waals surface area contributed by atoms with Crippen LogP contribution >= 0.6 is 11.3 Å². The van der Waals surface area contributed by atoms with Crippen LogP contribution in [0.2, 0.25) is 0 Å². The van der Waals surface area contributed by atoms with Crippen LogP contribution in [-0.4, -0.2) is 25.7 Å². The Hall–Kier alpha value is -1.76. The Morgan fingerprint density at radius 3 is 3.00 bits per heavy atom. The number of nitrogens with zero attached hydrogens (tertiary/aromatic N) is 4. The Morgan fingerprint density at radius 1 is 1.55 bits per heavy atom. The molecule has 0 bridgehead atoms. The maximum absolute atomic E-state index is 12.0. The van der Waals surface area contributed by atoms with Crippen molar-refractivity contribution in [3.05, 3.63) is 28.2 Å². The second kappa shape index (κ2) is 6.60. The van der Waals surface area contributed by atoms with E-state index in [1.165, 1.54) is 11.0 Å². The molecule has 2 rings (SSSR count). The molecule has 0 fully saturated rings. The number of carbonyl (C=O) groups is 1. The van der Waals surface area contributed by atoms with Gasteiger partial charge in [0.1, 0.15) is 18.7 Å². The Morgan fingerprint density at radius 2 is 2.35 bits per heavy atom. The molecule has 7 heteroatoms. The highest BCUT2D eigenvalue weighted by molar-refractivity contribution is 7.11. The molecule has 108 valence electrons. The number of rotatable bonds is 6. The SMILES string of the molecule is CCCc1nc(C)c(CNC(=O)C(C)n2cncn2)s1. The van der Waals surface area contributed by atoms with Crippen LogP contribution in [0.5, 0.6) is 0 Å². The summed E-state index contributed by atoms with van der Waals surface area (Å²) in [5.74, 6) is -0.0691. The normalized spacial score (nSPS) is 12.3. The predicted octanol–water partition coefficient (Wildman–Crippen LogP) is 1.87. The molecule has 1 N–H and O–H groups in total. The van der Waals surface area contributed by atoms with Crippen LogP contribution in [0.25, 0.3) is 0 Å². The van der Waals surface area contributed by atoms with Crippen molar-refractivity contribution in [2.24, 2.45) is 0 Å². The molecule has 0 aliphatic rings. The Balaban J connectivity index is 1.93. The number of aryl methyl sites for hydroxylation is 2. The molecule has 1 unspecified atom stereocenters. The van der Waals surface area contributed by atoms with E-state index in [0.717, 1.165) is 28.4 Å². The molecular weight excluding hydrogens is 274 g/mol. The number of thiazole rings is 1. The third kappa shape index (κ3) is 3.41. The van der Waals surface area contributed by atoms with Crippen LogP contribution in [0.3, 0.4) is 0 Å². The van der Waals surface area contributed by atoms with Crippen molar-refractivity contribution in [3.63, 3.8) is 0 Å². The van der Waals surface area contributed by atoms with Gasteiger partial charge in [-0.15, -0.1) is 11.3 Å². The fraction of sp³-hybridized carbons (Fsp3) is 0.538. The summed E-state index contributed by atoms with van der Waals surface area (Å²) in [6.45, 7) is 6.44. The lowest BCUT2D eigenvalue weighted by molar-refractivity contribution is -0.124. The largest absolute Gasteiger partial charge is 0.349 e. The highest BCUT2D eigenvalue weighted by Gasteiger charge is 2.16. The molecule has 0 aliphatic heterocycles. The van der Waals surface area contributed by atoms with E-state index in [1.54, 1.807) is 24.6 Å². The standard InChI is InChI=1S/C13H19N5OS/c1-4-5-12-17-9(2)11(20-12)6-15-13(19)10(3)18-8-14-7-16-18/h7-8,10H,4-6H2,1-3H3,(H,15,19). The third-order valence-corrected chi connectivity index (χ3v) is 4.25. The van der Waals surface area contributed by atoms with Gasteiger partial charge in [0.05, 0.1) is 17.2 Å². The maximum Gasteiger partial charge on any atom is 0.244 e. The first-order chi connectivity index (χ1) is 9.61. The first kappa shape index (κ1) is 14.6. The summed E-state index contributed by atoms with van der Waals surface area (Å²) in [7, 11) is 0. The number of carbonyl (C=O) groups excluding carboxylic acids is 1. The van der Waals surface area contributed by atoms with E-state index in [-0.39, 0.29) is 11.9 Å². The first-order valence-corrected chi connectivity index (χ1v) is 7.50. The molecule has 20 heavy (non-hydrogen) atoms. The van der Waals surface area contributed by atoms with Gasteiger partial charge in [0.15, 0.2) is 0 Å². The smallest absolute Gasteiger partial charge is 0.244 e. The van der Waals surface area contributed by atoms with Gasteiger partial charge < -0.3 is 5.32 Å². The fourth-order valence-electron chi connectivity index (χ4n) is 1.83. The van der Waals surface area contributed by atoms with Crippen LogP contribution < -0.4 is 5.32 Å². The Bertz CT molecular complexity index is 563. The fourth-order valence-corrected chi connectivity index (χ4v) is 2.94. The van der Waals surface area contributed by atoms with Gasteiger partial charge in [0.2, 0.25) is 5.91 Å². The van der Waals surface area contributed by atoms with Crippen LogP contribution in [0, 0.1) is 6.92 Å². The number of hydrogen-bond donors (Lipinski definition) is 1. The number of aromatic nitrogens is 4. The number of amides is 1. The van der Waals surface area contributed by atoms with Gasteiger partial charge in [-0.2, -0.15) is 5.10 Å². The molecule has 6 nitrogen and oxygen atoms in total. The number of hydrogen-bond acceptors (Lipinski definition) is 5. The second-order valence-electron chi connectivity index (χ2n) is 4.64. The van der Waals surface area contributed by atoms with Crippen molar-refractivity contribution in [1.29, 1.82) is 0 Å². The topological polar surface area (TPSA) is 72.7 Å². The predicted molar refractivity (Wildman–Crippen MR) is 77.4 cm³/mol. The molecule has 1 atom stereocenters. The van der Waals surface area contributed by atoms with E-state index in [0.29, 0.717) is 6.54 Å². The van der Waals surface area contributed by atoms with Gasteiger partial charge in [-0.1, -0.05) is 6.92 Å². The van der Waals surface area contributed by atoms with Crippen LogP contribution in [0.15, 0.2) is 12.7 Å². The van der Waals surface area contributed by atoms with Gasteiger partial charge in [0.25, 0.3) is 0 Å². The van der Waals surface area contributed by atoms with Gasteiger partial charge in [-0.25, -0.2) is 14.6 Å². The summed E-state index contributed by atoms with van der Waals surface area (Å²) in [5.41, 5.74) is 1.01. The minimum absolute atomic E-state index is 0.0691. The summed E-state index contributed by atoms with van der Waals surface area (Å²) in [6, 6.07) is -0.360. The summed E-state index contributed by atoms with van der Waals surface area (Å²) in [6.07, 6.45) is 5.05. The quantitative estimate of drug-likeness (QED) is 0.882. The summed E-state index contributed by atoms with van der Waals surface area (Å²) in [5, 5.41) is 8.04. The molecule has 2 heterocycles. The second-order valence-corrected chi connectivity index (χ2v) is 5.80. The minimum atomic E-state index is -0.360. The van der Waals surface area contributed by atoms with E-state index in [9.17, 15) is 4.79 Å². The Kier molecular flexibility index (Phi) is 4.84. The van der Waals surface area contributed by atoms with Gasteiger partial charge in [-0.3, -0.25) is 4.79 Å². The van der Waals surface area contributed by atoms with E-state index in [4.69, 9.17) is 0 Å². The lowest BCUT2D eigenvalue weighted by Crippen LogP contribution is -2.30. The molecule has 2 aromatic heterocycles. The van der Waals surface area contributed by atoms with Crippen molar-refractivity contribution in [1.82, 2.24) is 25.1 Å². The molecule has 0 aromatic carbocycles. The van der Waals surface area contributed by atoms with Crippen molar-refractivity contribution in [2.75, 3.05) is 0 Å². The van der Waals surface area contributed by atoms with E-state index < -0.39 is 0 Å². The summed E-state index contributed by atoms with van der Waals surface area (Å²) >= 11 is 1.67. The molecule has 0 spiro atoms. The molecule has 0 aliphatic carbocycles. The van der Waals surface area contributed by atoms with Gasteiger partial charge >= 0.3 is 0 Å². The van der Waals surface area contributed by atoms with E-state index >= 15 is 0 Å². The molecule has 0 saturated heterocycles. The third-order valence-electron chi connectivity index (χ3n) is 3.04. The van der Waals surface area contributed by atoms with E-state index in [1.807, 2.05) is 6.92 Å². The molecule has 0 radical (unpaired) electrons. The summed E-state index contributed by atoms with van der Waals surface area (Å²) in [4.78, 5) is 21.5. The monoisotopic (exact) mass is 293 g/mol. The molecule has 0 saturated carbocycles. The van der Waals surface area contributed by atoms with Crippen molar-refractivity contribution in [3.8, 4) is 0 Å². The minimum Gasteiger partial charge on any atom is -0.349 e. The zero-order valence-electron chi connectivity index (χ0n) is 12.0. The summed E-state index contributed by atoms with van der Waals surface area (Å²) < 4.78 is 1.54. The number of nitrogens with one attached hydrogen (secondary N) is 1. The highest BCUT2D eigenvalue weighted by Crippen LogP contribution is 2.19. The van der Waals surface area contributed by atoms with Crippen LogP contribution in [0.4, 0.5) is 0 Å². The van der Waals surface area contributed by atoms with Crippen molar-refractivity contribution >= 4 is 17.2 Å². The average molecular weight is 293 g/mol. The van der Waals surface area contributed by atoms with E-state index in [2.05, 4.69) is 27.3 Å². The maximum atomic E-state index is 12.0. The highest BCUT2D eigenvalue weighted by atomic mass is 32.1.